The van der Waals surface area contributed by atoms with Crippen LogP contribution in [0.25, 0.3) is 0 Å². The van der Waals surface area contributed by atoms with E-state index in [1.165, 1.54) is 11.5 Å². The number of nitrogens with two attached hydrogens (primary N) is 1. The monoisotopic (exact) mass is 373 g/mol. The van der Waals surface area contributed by atoms with E-state index < -0.39 is 0 Å². The number of nitrogens with zero attached hydrogens (tertiary/aromatic N) is 2. The van der Waals surface area contributed by atoms with Gasteiger partial charge in [-0.15, -0.1) is 24.0 Å². The summed E-state index contributed by atoms with van der Waals surface area (Å²) < 4.78 is 5.26. The molecular formula is C11H24IN3OS. The maximum absolute atomic E-state index is 5.92. The van der Waals surface area contributed by atoms with E-state index in [4.69, 9.17) is 10.5 Å². The van der Waals surface area contributed by atoms with Crippen LogP contribution >= 0.6 is 35.7 Å². The first-order chi connectivity index (χ1) is 7.84. The highest BCUT2D eigenvalue weighted by atomic mass is 127. The van der Waals surface area contributed by atoms with Crippen LogP contribution in [0.3, 0.4) is 0 Å². The highest BCUT2D eigenvalue weighted by Crippen LogP contribution is 2.08. The van der Waals surface area contributed by atoms with Crippen LogP contribution in [0.4, 0.5) is 0 Å². The quantitative estimate of drug-likeness (QED) is 0.334. The van der Waals surface area contributed by atoms with Crippen molar-refractivity contribution in [2.45, 2.75) is 19.8 Å². The summed E-state index contributed by atoms with van der Waals surface area (Å²) in [5.74, 6) is 3.05. The fourth-order valence-electron chi connectivity index (χ4n) is 1.55. The molecule has 1 rings (SSSR count). The first kappa shape index (κ1) is 17.3. The SMILES string of the molecule is CCOCCCCN=C(N)N1CCSCC1.I. The molecule has 17 heavy (non-hydrogen) atoms. The van der Waals surface area contributed by atoms with Gasteiger partial charge in [-0.05, 0) is 19.8 Å². The highest BCUT2D eigenvalue weighted by Gasteiger charge is 2.11. The molecule has 2 N–H and O–H groups in total. The lowest BCUT2D eigenvalue weighted by molar-refractivity contribution is 0.144. The van der Waals surface area contributed by atoms with Crippen molar-refractivity contribution in [3.05, 3.63) is 0 Å². The summed E-state index contributed by atoms with van der Waals surface area (Å²) in [7, 11) is 0. The molecule has 1 aliphatic rings. The molecule has 0 aliphatic carbocycles. The normalized spacial score (nSPS) is 16.8. The second-order valence-electron chi connectivity index (χ2n) is 3.74. The summed E-state index contributed by atoms with van der Waals surface area (Å²) in [5, 5.41) is 0. The molecule has 1 heterocycles. The lowest BCUT2D eigenvalue weighted by Crippen LogP contribution is -2.42. The predicted molar refractivity (Wildman–Crippen MR) is 86.5 cm³/mol. The predicted octanol–water partition coefficient (Wildman–Crippen LogP) is 1.78. The van der Waals surface area contributed by atoms with Crippen molar-refractivity contribution in [3.8, 4) is 0 Å². The van der Waals surface area contributed by atoms with Crippen LogP contribution in [0.1, 0.15) is 19.8 Å². The molecule has 4 nitrogen and oxygen atoms in total. The van der Waals surface area contributed by atoms with E-state index >= 15 is 0 Å². The Morgan fingerprint density at radius 2 is 2.06 bits per heavy atom. The smallest absolute Gasteiger partial charge is 0.191 e. The Bertz CT molecular complexity index is 211. The van der Waals surface area contributed by atoms with Crippen LogP contribution in [-0.2, 0) is 4.74 Å². The summed E-state index contributed by atoms with van der Waals surface area (Å²) in [6.07, 6.45) is 2.13. The third-order valence-corrected chi connectivity index (χ3v) is 3.45. The molecular weight excluding hydrogens is 349 g/mol. The Labute approximate surface area is 126 Å². The molecule has 0 atom stereocenters. The molecule has 0 amide bonds. The van der Waals surface area contributed by atoms with Gasteiger partial charge in [0.15, 0.2) is 5.96 Å². The molecule has 6 heteroatoms. The van der Waals surface area contributed by atoms with Gasteiger partial charge in [-0.2, -0.15) is 11.8 Å². The standard InChI is InChI=1S/C11H23N3OS.HI/c1-2-15-8-4-3-5-13-11(12)14-6-9-16-10-7-14;/h2-10H2,1H3,(H2,12,13);1H. The van der Waals surface area contributed by atoms with Gasteiger partial charge >= 0.3 is 0 Å². The fourth-order valence-corrected chi connectivity index (χ4v) is 2.45. The van der Waals surface area contributed by atoms with Gasteiger partial charge in [0.25, 0.3) is 0 Å². The molecule has 1 aliphatic heterocycles. The second kappa shape index (κ2) is 11.4. The topological polar surface area (TPSA) is 50.9 Å². The van der Waals surface area contributed by atoms with E-state index in [0.717, 1.165) is 51.6 Å². The van der Waals surface area contributed by atoms with Crippen molar-refractivity contribution in [2.24, 2.45) is 10.7 Å². The summed E-state index contributed by atoms with van der Waals surface area (Å²) in [4.78, 5) is 6.58. The van der Waals surface area contributed by atoms with Gasteiger partial charge in [0.05, 0.1) is 0 Å². The highest BCUT2D eigenvalue weighted by molar-refractivity contribution is 14.0. The van der Waals surface area contributed by atoms with Crippen LogP contribution in [0.2, 0.25) is 0 Å². The van der Waals surface area contributed by atoms with Gasteiger partial charge in [-0.1, -0.05) is 0 Å². The lowest BCUT2D eigenvalue weighted by atomic mass is 10.3. The number of unbranched alkanes of at least 4 members (excludes halogenated alkanes) is 1. The van der Waals surface area contributed by atoms with Gasteiger partial charge in [-0.3, -0.25) is 4.99 Å². The summed E-state index contributed by atoms with van der Waals surface area (Å²) in [5.41, 5.74) is 5.92. The Morgan fingerprint density at radius 3 is 2.71 bits per heavy atom. The van der Waals surface area contributed by atoms with Gasteiger partial charge in [0.1, 0.15) is 0 Å². The molecule has 0 saturated carbocycles. The van der Waals surface area contributed by atoms with Gasteiger partial charge in [0, 0.05) is 44.4 Å². The lowest BCUT2D eigenvalue weighted by Gasteiger charge is -2.27. The number of ether oxygens (including phenoxy) is 1. The number of thioether (sulfide) groups is 1. The molecule has 0 unspecified atom stereocenters. The summed E-state index contributed by atoms with van der Waals surface area (Å²) in [6.45, 7) is 6.56. The molecule has 0 aromatic carbocycles. The average molecular weight is 373 g/mol. The largest absolute Gasteiger partial charge is 0.382 e. The number of hydrogen-bond acceptors (Lipinski definition) is 3. The van der Waals surface area contributed by atoms with Crippen molar-refractivity contribution in [2.75, 3.05) is 44.4 Å². The zero-order valence-corrected chi connectivity index (χ0v) is 13.7. The van der Waals surface area contributed by atoms with Crippen molar-refractivity contribution < 1.29 is 4.74 Å². The number of rotatable bonds is 6. The van der Waals surface area contributed by atoms with Crippen molar-refractivity contribution in [1.82, 2.24) is 4.90 Å². The summed E-state index contributed by atoms with van der Waals surface area (Å²) >= 11 is 1.98. The van der Waals surface area contributed by atoms with Crippen molar-refractivity contribution in [3.63, 3.8) is 0 Å². The Kier molecular flexibility index (Phi) is 11.6. The Morgan fingerprint density at radius 1 is 1.35 bits per heavy atom. The van der Waals surface area contributed by atoms with E-state index in [2.05, 4.69) is 9.89 Å². The molecule has 0 spiro atoms. The Balaban J connectivity index is 0.00000256. The van der Waals surface area contributed by atoms with E-state index in [1.54, 1.807) is 0 Å². The molecule has 1 saturated heterocycles. The fraction of sp³-hybridized carbons (Fsp3) is 0.909. The van der Waals surface area contributed by atoms with Crippen LogP contribution in [0.15, 0.2) is 4.99 Å². The van der Waals surface area contributed by atoms with Gasteiger partial charge in [0.2, 0.25) is 0 Å². The number of halogens is 1. The van der Waals surface area contributed by atoms with Gasteiger partial charge in [-0.25, -0.2) is 0 Å². The molecule has 0 aromatic heterocycles. The van der Waals surface area contributed by atoms with E-state index in [-0.39, 0.29) is 24.0 Å². The minimum Gasteiger partial charge on any atom is -0.382 e. The van der Waals surface area contributed by atoms with Crippen LogP contribution < -0.4 is 5.73 Å². The van der Waals surface area contributed by atoms with Crippen LogP contribution in [0, 0.1) is 0 Å². The third kappa shape index (κ3) is 8.10. The minimum atomic E-state index is 0. The average Bonchev–Trinajstić information content (AvgIpc) is 2.34. The first-order valence-electron chi connectivity index (χ1n) is 6.05. The van der Waals surface area contributed by atoms with Crippen LogP contribution in [-0.4, -0.2) is 55.2 Å². The number of guanidine groups is 1. The van der Waals surface area contributed by atoms with Gasteiger partial charge < -0.3 is 15.4 Å². The molecule has 0 bridgehead atoms. The van der Waals surface area contributed by atoms with Crippen molar-refractivity contribution >= 4 is 41.7 Å². The first-order valence-corrected chi connectivity index (χ1v) is 7.20. The molecule has 1 fully saturated rings. The van der Waals surface area contributed by atoms with E-state index in [9.17, 15) is 0 Å². The number of aliphatic imine (C=N–C) groups is 1. The maximum Gasteiger partial charge on any atom is 0.191 e. The number of hydrogen-bond donors (Lipinski definition) is 1. The molecule has 0 aromatic rings. The second-order valence-corrected chi connectivity index (χ2v) is 4.97. The molecule has 0 radical (unpaired) electrons. The van der Waals surface area contributed by atoms with Crippen molar-refractivity contribution in [1.29, 1.82) is 0 Å². The Hall–Kier alpha value is 0.310. The zero-order valence-electron chi connectivity index (χ0n) is 10.6. The third-order valence-electron chi connectivity index (χ3n) is 2.51. The van der Waals surface area contributed by atoms with E-state index in [1.807, 2.05) is 18.7 Å². The van der Waals surface area contributed by atoms with E-state index in [0.29, 0.717) is 0 Å². The molecule has 102 valence electrons. The maximum atomic E-state index is 5.92. The zero-order chi connectivity index (χ0) is 11.6. The summed E-state index contributed by atoms with van der Waals surface area (Å²) in [6, 6.07) is 0. The van der Waals surface area contributed by atoms with Crippen LogP contribution in [0.5, 0.6) is 0 Å². The minimum absolute atomic E-state index is 0.